The molecule has 1 aromatic carbocycles. The highest BCUT2D eigenvalue weighted by Crippen LogP contribution is 2.30. The summed E-state index contributed by atoms with van der Waals surface area (Å²) < 4.78 is 30.8. The topological polar surface area (TPSA) is 84.0 Å². The molecular weight excluding hydrogens is 416 g/mol. The fourth-order valence-corrected chi connectivity index (χ4v) is 5.58. The van der Waals surface area contributed by atoms with Crippen LogP contribution >= 0.6 is 0 Å². The Kier molecular flexibility index (Phi) is 8.11. The highest BCUT2D eigenvalue weighted by atomic mass is 32.2. The second kappa shape index (κ2) is 10.6. The summed E-state index contributed by atoms with van der Waals surface area (Å²) in [4.78, 5) is 27.7. The first-order valence-corrected chi connectivity index (χ1v) is 12.8. The summed E-state index contributed by atoms with van der Waals surface area (Å²) in [5, 5.41) is 0. The lowest BCUT2D eigenvalue weighted by Gasteiger charge is -2.41. The largest absolute Gasteiger partial charge is 0.452 e. The molecule has 31 heavy (non-hydrogen) atoms. The first-order valence-electron chi connectivity index (χ1n) is 11.3. The fraction of sp³-hybridized carbons (Fsp3) is 0.652. The van der Waals surface area contributed by atoms with Gasteiger partial charge < -0.3 is 9.64 Å². The van der Waals surface area contributed by atoms with Crippen LogP contribution in [0.3, 0.4) is 0 Å². The molecule has 0 bridgehead atoms. The minimum absolute atomic E-state index is 0.103. The van der Waals surface area contributed by atoms with E-state index in [0.717, 1.165) is 55.7 Å². The van der Waals surface area contributed by atoms with Crippen molar-refractivity contribution in [3.05, 3.63) is 29.8 Å². The third-order valence-corrected chi connectivity index (χ3v) is 8.25. The smallest absolute Gasteiger partial charge is 0.338 e. The van der Waals surface area contributed by atoms with Gasteiger partial charge in [0, 0.05) is 26.2 Å². The number of carbonyl (C=O) groups excluding carboxylic acids is 2. The molecule has 2 aliphatic rings. The number of hydrogen-bond acceptors (Lipinski definition) is 5. The van der Waals surface area contributed by atoms with Crippen molar-refractivity contribution in [2.75, 3.05) is 20.7 Å². The zero-order valence-corrected chi connectivity index (χ0v) is 19.4. The van der Waals surface area contributed by atoms with Crippen LogP contribution in [0.2, 0.25) is 0 Å². The van der Waals surface area contributed by atoms with Gasteiger partial charge in [-0.3, -0.25) is 4.79 Å². The molecule has 172 valence electrons. The number of benzene rings is 1. The van der Waals surface area contributed by atoms with Crippen molar-refractivity contribution in [2.24, 2.45) is 0 Å². The predicted octanol–water partition coefficient (Wildman–Crippen LogP) is 3.59. The van der Waals surface area contributed by atoms with Crippen LogP contribution in [0.4, 0.5) is 0 Å². The van der Waals surface area contributed by atoms with Crippen molar-refractivity contribution < 1.29 is 22.7 Å². The zero-order chi connectivity index (χ0) is 22.4. The third kappa shape index (κ3) is 5.86. The summed E-state index contributed by atoms with van der Waals surface area (Å²) in [5.74, 6) is -0.728. The molecule has 0 N–H and O–H groups in total. The van der Waals surface area contributed by atoms with Crippen LogP contribution in [0.25, 0.3) is 0 Å². The number of nitrogens with zero attached hydrogens (tertiary/aromatic N) is 2. The Bertz CT molecular complexity index is 836. The molecule has 0 unspecified atom stereocenters. The second-order valence-electron chi connectivity index (χ2n) is 8.77. The molecule has 7 nitrogen and oxygen atoms in total. The number of hydrogen-bond donors (Lipinski definition) is 0. The van der Waals surface area contributed by atoms with Crippen molar-refractivity contribution in [3.8, 4) is 0 Å². The molecule has 0 aliphatic heterocycles. The number of rotatable bonds is 7. The van der Waals surface area contributed by atoms with Gasteiger partial charge in [0.05, 0.1) is 10.5 Å². The molecule has 2 saturated carbocycles. The van der Waals surface area contributed by atoms with E-state index >= 15 is 0 Å². The van der Waals surface area contributed by atoms with Crippen LogP contribution in [0.15, 0.2) is 29.2 Å². The molecular formula is C23H34N2O5S. The Hall–Kier alpha value is -1.93. The van der Waals surface area contributed by atoms with Crippen LogP contribution < -0.4 is 0 Å². The van der Waals surface area contributed by atoms with E-state index in [1.165, 1.54) is 51.2 Å². The Morgan fingerprint density at radius 1 is 0.871 bits per heavy atom. The van der Waals surface area contributed by atoms with Gasteiger partial charge in [-0.15, -0.1) is 0 Å². The molecule has 8 heteroatoms. The van der Waals surface area contributed by atoms with E-state index in [-0.39, 0.29) is 35.1 Å². The Labute approximate surface area is 185 Å². The van der Waals surface area contributed by atoms with Crippen molar-refractivity contribution in [1.82, 2.24) is 9.21 Å². The number of esters is 1. The van der Waals surface area contributed by atoms with Gasteiger partial charge in [-0.25, -0.2) is 17.5 Å². The summed E-state index contributed by atoms with van der Waals surface area (Å²) in [7, 11) is -0.657. The van der Waals surface area contributed by atoms with E-state index in [9.17, 15) is 18.0 Å². The summed E-state index contributed by atoms with van der Waals surface area (Å²) in [5.41, 5.74) is 0.229. The summed E-state index contributed by atoms with van der Waals surface area (Å²) >= 11 is 0. The summed E-state index contributed by atoms with van der Waals surface area (Å²) in [6.07, 6.45) is 11.1. The molecule has 0 atom stereocenters. The lowest BCUT2D eigenvalue weighted by Crippen LogP contribution is -2.50. The van der Waals surface area contributed by atoms with Crippen molar-refractivity contribution >= 4 is 21.9 Å². The van der Waals surface area contributed by atoms with Crippen molar-refractivity contribution in [2.45, 2.75) is 81.2 Å². The van der Waals surface area contributed by atoms with Gasteiger partial charge >= 0.3 is 5.97 Å². The molecule has 0 spiro atoms. The van der Waals surface area contributed by atoms with E-state index < -0.39 is 16.0 Å². The van der Waals surface area contributed by atoms with Gasteiger partial charge in [-0.2, -0.15) is 0 Å². The Morgan fingerprint density at radius 3 is 1.81 bits per heavy atom. The SMILES string of the molecule is CN(C)S(=O)(=O)c1ccc(C(=O)OCC(=O)N(C2CCCCC2)C2CCCCC2)cc1. The fourth-order valence-electron chi connectivity index (χ4n) is 4.68. The van der Waals surface area contributed by atoms with Crippen LogP contribution in [0, 0.1) is 0 Å². The molecule has 0 aromatic heterocycles. The van der Waals surface area contributed by atoms with E-state index in [1.807, 2.05) is 4.90 Å². The molecule has 3 rings (SSSR count). The number of ether oxygens (including phenoxy) is 1. The molecule has 1 aromatic rings. The van der Waals surface area contributed by atoms with Crippen molar-refractivity contribution in [3.63, 3.8) is 0 Å². The van der Waals surface area contributed by atoms with E-state index in [2.05, 4.69) is 0 Å². The van der Waals surface area contributed by atoms with Gasteiger partial charge in [0.2, 0.25) is 10.0 Å². The van der Waals surface area contributed by atoms with Gasteiger partial charge in [-0.1, -0.05) is 38.5 Å². The molecule has 2 fully saturated rings. The second-order valence-corrected chi connectivity index (χ2v) is 10.9. The van der Waals surface area contributed by atoms with Gasteiger partial charge in [0.25, 0.3) is 5.91 Å². The van der Waals surface area contributed by atoms with Gasteiger partial charge in [0.15, 0.2) is 6.61 Å². The summed E-state index contributed by atoms with van der Waals surface area (Å²) in [6, 6.07) is 6.10. The molecule has 0 radical (unpaired) electrons. The van der Waals surface area contributed by atoms with E-state index in [1.54, 1.807) is 0 Å². The Morgan fingerprint density at radius 2 is 1.35 bits per heavy atom. The third-order valence-electron chi connectivity index (χ3n) is 6.42. The standard InChI is InChI=1S/C23H34N2O5S/c1-24(2)31(28,29)21-15-13-18(14-16-21)23(27)30-17-22(26)25(19-9-5-3-6-10-19)20-11-7-4-8-12-20/h13-16,19-20H,3-12,17H2,1-2H3. The average molecular weight is 451 g/mol. The van der Waals surface area contributed by atoms with Crippen LogP contribution in [0.5, 0.6) is 0 Å². The minimum atomic E-state index is -3.56. The zero-order valence-electron chi connectivity index (χ0n) is 18.6. The number of sulfonamides is 1. The Balaban J connectivity index is 1.63. The number of amides is 1. The highest BCUT2D eigenvalue weighted by molar-refractivity contribution is 7.89. The monoisotopic (exact) mass is 450 g/mol. The first-order chi connectivity index (χ1) is 14.8. The van der Waals surface area contributed by atoms with Crippen LogP contribution in [-0.2, 0) is 19.6 Å². The van der Waals surface area contributed by atoms with Crippen LogP contribution in [0.1, 0.15) is 74.6 Å². The lowest BCUT2D eigenvalue weighted by molar-refractivity contribution is -0.141. The maximum absolute atomic E-state index is 13.1. The van der Waals surface area contributed by atoms with E-state index in [4.69, 9.17) is 4.74 Å². The average Bonchev–Trinajstić information content (AvgIpc) is 2.79. The molecule has 0 heterocycles. The lowest BCUT2D eigenvalue weighted by atomic mass is 9.88. The number of carbonyl (C=O) groups is 2. The van der Waals surface area contributed by atoms with E-state index in [0.29, 0.717) is 0 Å². The first kappa shape index (κ1) is 23.7. The van der Waals surface area contributed by atoms with Gasteiger partial charge in [0.1, 0.15) is 0 Å². The van der Waals surface area contributed by atoms with Crippen LogP contribution in [-0.4, -0.2) is 62.3 Å². The van der Waals surface area contributed by atoms with Crippen molar-refractivity contribution in [1.29, 1.82) is 0 Å². The molecule has 2 aliphatic carbocycles. The predicted molar refractivity (Wildman–Crippen MR) is 118 cm³/mol. The highest BCUT2D eigenvalue weighted by Gasteiger charge is 2.32. The quantitative estimate of drug-likeness (QED) is 0.593. The van der Waals surface area contributed by atoms with Gasteiger partial charge in [-0.05, 0) is 49.9 Å². The minimum Gasteiger partial charge on any atom is -0.452 e. The normalized spacial score (nSPS) is 18.7. The summed E-state index contributed by atoms with van der Waals surface area (Å²) in [6.45, 7) is -0.274. The maximum Gasteiger partial charge on any atom is 0.338 e. The maximum atomic E-state index is 13.1. The molecule has 0 saturated heterocycles. The molecule has 1 amide bonds.